The summed E-state index contributed by atoms with van der Waals surface area (Å²) in [5.74, 6) is 2.67. The number of nitrogens with one attached hydrogen (secondary N) is 1. The van der Waals surface area contributed by atoms with Crippen molar-refractivity contribution >= 4 is 11.6 Å². The first-order chi connectivity index (χ1) is 7.67. The van der Waals surface area contributed by atoms with E-state index < -0.39 is 0 Å². The Morgan fingerprint density at radius 2 is 2.25 bits per heavy atom. The van der Waals surface area contributed by atoms with E-state index in [-0.39, 0.29) is 0 Å². The molecule has 1 nitrogen and oxygen atoms in total. The molecule has 0 aliphatic rings. The van der Waals surface area contributed by atoms with Gasteiger partial charge in [0.25, 0.3) is 0 Å². The molecule has 0 amide bonds. The van der Waals surface area contributed by atoms with Gasteiger partial charge in [-0.1, -0.05) is 30.7 Å². The third-order valence-electron chi connectivity index (χ3n) is 2.57. The van der Waals surface area contributed by atoms with Crippen molar-refractivity contribution in [3.8, 4) is 12.3 Å². The summed E-state index contributed by atoms with van der Waals surface area (Å²) < 4.78 is 0. The van der Waals surface area contributed by atoms with Crippen LogP contribution in [0.25, 0.3) is 0 Å². The van der Waals surface area contributed by atoms with Crippen LogP contribution in [-0.4, -0.2) is 6.04 Å². The minimum Gasteiger partial charge on any atom is -0.307 e. The van der Waals surface area contributed by atoms with Crippen molar-refractivity contribution in [3.05, 3.63) is 34.9 Å². The lowest BCUT2D eigenvalue weighted by molar-refractivity contribution is 0.451. The van der Waals surface area contributed by atoms with Crippen molar-refractivity contribution in [3.63, 3.8) is 0 Å². The van der Waals surface area contributed by atoms with Gasteiger partial charge in [-0.3, -0.25) is 0 Å². The Labute approximate surface area is 103 Å². The largest absolute Gasteiger partial charge is 0.307 e. The quantitative estimate of drug-likeness (QED) is 0.766. The van der Waals surface area contributed by atoms with Gasteiger partial charge < -0.3 is 5.32 Å². The van der Waals surface area contributed by atoms with Gasteiger partial charge in [-0.25, -0.2) is 0 Å². The van der Waals surface area contributed by atoms with Gasteiger partial charge in [0.15, 0.2) is 0 Å². The van der Waals surface area contributed by atoms with E-state index in [1.54, 1.807) is 0 Å². The standard InChI is InChI=1S/C14H18ClN/c1-4-7-11(3)16-14(5-2)12-8-6-9-13(15)10-12/h1,6,8-11,14,16H,5,7H2,2-3H3. The van der Waals surface area contributed by atoms with Crippen molar-refractivity contribution in [2.45, 2.75) is 38.8 Å². The number of hydrogen-bond acceptors (Lipinski definition) is 1. The van der Waals surface area contributed by atoms with Gasteiger partial charge in [0.1, 0.15) is 0 Å². The fourth-order valence-corrected chi connectivity index (χ4v) is 1.95. The van der Waals surface area contributed by atoms with E-state index in [0.29, 0.717) is 12.1 Å². The van der Waals surface area contributed by atoms with Gasteiger partial charge in [0, 0.05) is 23.5 Å². The van der Waals surface area contributed by atoms with Crippen molar-refractivity contribution in [1.29, 1.82) is 0 Å². The summed E-state index contributed by atoms with van der Waals surface area (Å²) in [6, 6.07) is 8.62. The highest BCUT2D eigenvalue weighted by atomic mass is 35.5. The molecule has 16 heavy (non-hydrogen) atoms. The normalized spacial score (nSPS) is 14.1. The van der Waals surface area contributed by atoms with Crippen molar-refractivity contribution in [2.24, 2.45) is 0 Å². The Bertz CT molecular complexity index is 367. The second kappa shape index (κ2) is 6.58. The molecule has 0 saturated carbocycles. The van der Waals surface area contributed by atoms with Crippen LogP contribution < -0.4 is 5.32 Å². The maximum atomic E-state index is 5.98. The molecule has 0 aromatic heterocycles. The first-order valence-corrected chi connectivity index (χ1v) is 6.00. The van der Waals surface area contributed by atoms with E-state index in [4.69, 9.17) is 18.0 Å². The smallest absolute Gasteiger partial charge is 0.0409 e. The Morgan fingerprint density at radius 3 is 2.81 bits per heavy atom. The topological polar surface area (TPSA) is 12.0 Å². The van der Waals surface area contributed by atoms with E-state index in [1.807, 2.05) is 18.2 Å². The molecule has 0 aliphatic heterocycles. The molecule has 0 bridgehead atoms. The molecular formula is C14H18ClN. The maximum Gasteiger partial charge on any atom is 0.0409 e. The van der Waals surface area contributed by atoms with Crippen LogP contribution in [0.3, 0.4) is 0 Å². The number of benzene rings is 1. The predicted molar refractivity (Wildman–Crippen MR) is 70.5 cm³/mol. The van der Waals surface area contributed by atoms with E-state index in [1.165, 1.54) is 5.56 Å². The van der Waals surface area contributed by atoms with Gasteiger partial charge in [0.05, 0.1) is 0 Å². The van der Waals surface area contributed by atoms with E-state index in [9.17, 15) is 0 Å². The summed E-state index contributed by atoms with van der Waals surface area (Å²) >= 11 is 5.98. The number of hydrogen-bond donors (Lipinski definition) is 1. The maximum absolute atomic E-state index is 5.98. The molecule has 0 spiro atoms. The Kier molecular flexibility index (Phi) is 5.38. The molecule has 1 rings (SSSR count). The SMILES string of the molecule is C#CCC(C)NC(CC)c1cccc(Cl)c1. The summed E-state index contributed by atoms with van der Waals surface area (Å²) in [4.78, 5) is 0. The highest BCUT2D eigenvalue weighted by molar-refractivity contribution is 6.30. The van der Waals surface area contributed by atoms with Crippen LogP contribution in [0, 0.1) is 12.3 Å². The Balaban J connectivity index is 2.71. The minimum absolute atomic E-state index is 0.321. The zero-order valence-corrected chi connectivity index (χ0v) is 10.6. The van der Waals surface area contributed by atoms with Crippen LogP contribution in [0.1, 0.15) is 38.3 Å². The number of terminal acetylenes is 1. The second-order valence-electron chi connectivity index (χ2n) is 3.99. The van der Waals surface area contributed by atoms with Crippen LogP contribution in [-0.2, 0) is 0 Å². The number of halogens is 1. The first-order valence-electron chi connectivity index (χ1n) is 5.62. The van der Waals surface area contributed by atoms with Crippen molar-refractivity contribution in [2.75, 3.05) is 0 Å². The fraction of sp³-hybridized carbons (Fsp3) is 0.429. The van der Waals surface area contributed by atoms with Crippen molar-refractivity contribution in [1.82, 2.24) is 5.32 Å². The lowest BCUT2D eigenvalue weighted by Crippen LogP contribution is -2.29. The van der Waals surface area contributed by atoms with Gasteiger partial charge in [-0.2, -0.15) is 0 Å². The lowest BCUT2D eigenvalue weighted by atomic mass is 10.0. The average Bonchev–Trinajstić information content (AvgIpc) is 2.26. The van der Waals surface area contributed by atoms with Gasteiger partial charge in [0.2, 0.25) is 0 Å². The summed E-state index contributed by atoms with van der Waals surface area (Å²) in [5, 5.41) is 4.29. The third kappa shape index (κ3) is 3.89. The highest BCUT2D eigenvalue weighted by Crippen LogP contribution is 2.21. The Hall–Kier alpha value is -0.970. The minimum atomic E-state index is 0.321. The molecule has 0 fully saturated rings. The summed E-state index contributed by atoms with van der Waals surface area (Å²) in [6.45, 7) is 4.26. The van der Waals surface area contributed by atoms with Gasteiger partial charge >= 0.3 is 0 Å². The van der Waals surface area contributed by atoms with Crippen LogP contribution in [0.5, 0.6) is 0 Å². The molecule has 86 valence electrons. The van der Waals surface area contributed by atoms with E-state index in [2.05, 4.69) is 31.2 Å². The van der Waals surface area contributed by atoms with E-state index in [0.717, 1.165) is 17.9 Å². The van der Waals surface area contributed by atoms with Crippen LogP contribution >= 0.6 is 11.6 Å². The molecule has 0 radical (unpaired) electrons. The Morgan fingerprint density at radius 1 is 1.50 bits per heavy atom. The molecule has 0 saturated heterocycles. The fourth-order valence-electron chi connectivity index (χ4n) is 1.75. The van der Waals surface area contributed by atoms with Crippen molar-refractivity contribution < 1.29 is 0 Å². The monoisotopic (exact) mass is 235 g/mol. The first kappa shape index (κ1) is 13.1. The lowest BCUT2D eigenvalue weighted by Gasteiger charge is -2.21. The van der Waals surface area contributed by atoms with Crippen LogP contribution in [0.15, 0.2) is 24.3 Å². The molecule has 1 N–H and O–H groups in total. The van der Waals surface area contributed by atoms with Gasteiger partial charge in [-0.15, -0.1) is 12.3 Å². The van der Waals surface area contributed by atoms with Gasteiger partial charge in [-0.05, 0) is 31.0 Å². The molecule has 0 aliphatic carbocycles. The zero-order valence-electron chi connectivity index (χ0n) is 9.83. The molecule has 2 atom stereocenters. The summed E-state index contributed by atoms with van der Waals surface area (Å²) in [6.07, 6.45) is 7.07. The molecule has 2 heteroatoms. The zero-order chi connectivity index (χ0) is 12.0. The molecule has 1 aromatic carbocycles. The third-order valence-corrected chi connectivity index (χ3v) is 2.80. The second-order valence-corrected chi connectivity index (χ2v) is 4.43. The van der Waals surface area contributed by atoms with Crippen LogP contribution in [0.4, 0.5) is 0 Å². The molecule has 2 unspecified atom stereocenters. The highest BCUT2D eigenvalue weighted by Gasteiger charge is 2.11. The predicted octanol–water partition coefficient (Wildman–Crippen LogP) is 3.79. The van der Waals surface area contributed by atoms with E-state index >= 15 is 0 Å². The molecule has 0 heterocycles. The molecule has 1 aromatic rings. The molecular weight excluding hydrogens is 218 g/mol. The summed E-state index contributed by atoms with van der Waals surface area (Å²) in [5.41, 5.74) is 1.22. The number of rotatable bonds is 5. The average molecular weight is 236 g/mol. The summed E-state index contributed by atoms with van der Waals surface area (Å²) in [7, 11) is 0. The van der Waals surface area contributed by atoms with Crippen LogP contribution in [0.2, 0.25) is 5.02 Å².